The molecular formula is C18H17FN2O2. The molecule has 0 fully saturated rings. The van der Waals surface area contributed by atoms with Crippen molar-refractivity contribution in [3.05, 3.63) is 71.0 Å². The average Bonchev–Trinajstić information content (AvgIpc) is 2.55. The number of benzene rings is 2. The molecule has 118 valence electrons. The molecule has 2 rings (SSSR count). The number of halogens is 1. The van der Waals surface area contributed by atoms with Gasteiger partial charge in [0.05, 0.1) is 6.54 Å². The van der Waals surface area contributed by atoms with Crippen molar-refractivity contribution in [1.29, 1.82) is 0 Å². The molecule has 2 aromatic carbocycles. The van der Waals surface area contributed by atoms with Crippen LogP contribution in [0.3, 0.4) is 0 Å². The highest BCUT2D eigenvalue weighted by Gasteiger charge is 2.08. The molecule has 0 radical (unpaired) electrons. The van der Waals surface area contributed by atoms with Crippen LogP contribution in [-0.2, 0) is 13.1 Å². The van der Waals surface area contributed by atoms with Crippen molar-refractivity contribution in [3.63, 3.8) is 0 Å². The first kappa shape index (κ1) is 16.7. The van der Waals surface area contributed by atoms with Crippen LogP contribution in [-0.4, -0.2) is 22.6 Å². The van der Waals surface area contributed by atoms with Gasteiger partial charge in [0.15, 0.2) is 0 Å². The lowest BCUT2D eigenvalue weighted by Crippen LogP contribution is -2.23. The summed E-state index contributed by atoms with van der Waals surface area (Å²) in [6.07, 6.45) is 5.40. The highest BCUT2D eigenvalue weighted by molar-refractivity contribution is 5.93. The van der Waals surface area contributed by atoms with Crippen molar-refractivity contribution in [2.24, 2.45) is 0 Å². The molecule has 0 saturated carbocycles. The van der Waals surface area contributed by atoms with E-state index in [1.807, 2.05) is 11.0 Å². The van der Waals surface area contributed by atoms with Crippen LogP contribution in [0.5, 0.6) is 0 Å². The van der Waals surface area contributed by atoms with E-state index in [-0.39, 0.29) is 5.82 Å². The van der Waals surface area contributed by atoms with Gasteiger partial charge in [-0.25, -0.2) is 9.87 Å². The Morgan fingerprint density at radius 2 is 1.87 bits per heavy atom. The Morgan fingerprint density at radius 3 is 2.48 bits per heavy atom. The van der Waals surface area contributed by atoms with Gasteiger partial charge in [-0.1, -0.05) is 30.2 Å². The van der Waals surface area contributed by atoms with E-state index in [4.69, 9.17) is 11.6 Å². The molecule has 0 aromatic heterocycles. The number of hydrogen-bond donors (Lipinski definition) is 2. The first-order chi connectivity index (χ1) is 11.1. The van der Waals surface area contributed by atoms with Crippen molar-refractivity contribution >= 4 is 5.91 Å². The number of terminal acetylenes is 1. The lowest BCUT2D eigenvalue weighted by Gasteiger charge is -2.20. The molecule has 2 aromatic rings. The van der Waals surface area contributed by atoms with E-state index in [1.165, 1.54) is 12.1 Å². The second-order valence-electron chi connectivity index (χ2n) is 5.12. The zero-order valence-electron chi connectivity index (χ0n) is 12.5. The lowest BCUT2D eigenvalue weighted by atomic mass is 10.1. The Kier molecular flexibility index (Phi) is 5.87. The first-order valence-electron chi connectivity index (χ1n) is 7.06. The average molecular weight is 312 g/mol. The summed E-state index contributed by atoms with van der Waals surface area (Å²) in [6, 6.07) is 13.2. The molecule has 0 spiro atoms. The van der Waals surface area contributed by atoms with E-state index < -0.39 is 5.91 Å². The number of amides is 1. The van der Waals surface area contributed by atoms with E-state index in [0.29, 0.717) is 25.2 Å². The molecule has 2 N–H and O–H groups in total. The minimum Gasteiger partial charge on any atom is -0.288 e. The fourth-order valence-corrected chi connectivity index (χ4v) is 2.27. The summed E-state index contributed by atoms with van der Waals surface area (Å²) in [6.45, 7) is 1.53. The van der Waals surface area contributed by atoms with Crippen LogP contribution in [0.4, 0.5) is 4.39 Å². The fourth-order valence-electron chi connectivity index (χ4n) is 2.27. The molecule has 1 amide bonds. The topological polar surface area (TPSA) is 52.6 Å². The number of rotatable bonds is 6. The first-order valence-corrected chi connectivity index (χ1v) is 7.06. The van der Waals surface area contributed by atoms with Gasteiger partial charge in [0.1, 0.15) is 5.82 Å². The Morgan fingerprint density at radius 1 is 1.17 bits per heavy atom. The molecule has 0 saturated heterocycles. The SMILES string of the molecule is C#CCN(Cc1ccc(C(=O)NO)cc1)Cc1cccc(F)c1. The van der Waals surface area contributed by atoms with Gasteiger partial charge in [-0.15, -0.1) is 6.42 Å². The van der Waals surface area contributed by atoms with Crippen LogP contribution in [0.2, 0.25) is 0 Å². The summed E-state index contributed by atoms with van der Waals surface area (Å²) in [5.41, 5.74) is 3.76. The smallest absolute Gasteiger partial charge is 0.274 e. The van der Waals surface area contributed by atoms with Gasteiger partial charge in [0.25, 0.3) is 5.91 Å². The number of nitrogens with one attached hydrogen (secondary N) is 1. The van der Waals surface area contributed by atoms with E-state index >= 15 is 0 Å². The van der Waals surface area contributed by atoms with Gasteiger partial charge in [-0.2, -0.15) is 0 Å². The van der Waals surface area contributed by atoms with Crippen molar-refractivity contribution in [1.82, 2.24) is 10.4 Å². The van der Waals surface area contributed by atoms with Gasteiger partial charge in [0.2, 0.25) is 0 Å². The Balaban J connectivity index is 2.07. The third-order valence-electron chi connectivity index (χ3n) is 3.33. The normalized spacial score (nSPS) is 10.3. The third kappa shape index (κ3) is 4.92. The highest BCUT2D eigenvalue weighted by atomic mass is 19.1. The van der Waals surface area contributed by atoms with Crippen molar-refractivity contribution in [3.8, 4) is 12.3 Å². The summed E-state index contributed by atoms with van der Waals surface area (Å²) in [4.78, 5) is 13.3. The second kappa shape index (κ2) is 8.08. The standard InChI is InChI=1S/C18H17FN2O2/c1-2-10-21(13-15-4-3-5-17(19)11-15)12-14-6-8-16(9-7-14)18(22)20-23/h1,3-9,11,23H,10,12-13H2,(H,20,22). The fraction of sp³-hybridized carbons (Fsp3) is 0.167. The van der Waals surface area contributed by atoms with Crippen LogP contribution in [0.25, 0.3) is 0 Å². The lowest BCUT2D eigenvalue weighted by molar-refractivity contribution is 0.0706. The molecule has 0 aliphatic rings. The molecule has 0 aliphatic carbocycles. The summed E-state index contributed by atoms with van der Waals surface area (Å²) in [7, 11) is 0. The molecule has 0 atom stereocenters. The van der Waals surface area contributed by atoms with E-state index in [2.05, 4.69) is 5.92 Å². The number of hydroxylamine groups is 1. The van der Waals surface area contributed by atoms with E-state index in [1.54, 1.807) is 35.8 Å². The van der Waals surface area contributed by atoms with E-state index in [9.17, 15) is 9.18 Å². The van der Waals surface area contributed by atoms with Gasteiger partial charge < -0.3 is 0 Å². The molecule has 0 unspecified atom stereocenters. The van der Waals surface area contributed by atoms with Crippen LogP contribution >= 0.6 is 0 Å². The maximum Gasteiger partial charge on any atom is 0.274 e. The molecule has 5 heteroatoms. The summed E-state index contributed by atoms with van der Waals surface area (Å²) >= 11 is 0. The molecule has 23 heavy (non-hydrogen) atoms. The Hall–Kier alpha value is -2.68. The molecule has 4 nitrogen and oxygen atoms in total. The zero-order valence-corrected chi connectivity index (χ0v) is 12.5. The quantitative estimate of drug-likeness (QED) is 0.490. The second-order valence-corrected chi connectivity index (χ2v) is 5.12. The summed E-state index contributed by atoms with van der Waals surface area (Å²) < 4.78 is 13.3. The predicted octanol–water partition coefficient (Wildman–Crippen LogP) is 2.58. The Bertz CT molecular complexity index is 708. The third-order valence-corrected chi connectivity index (χ3v) is 3.33. The molecule has 0 aliphatic heterocycles. The molecular weight excluding hydrogens is 295 g/mol. The summed E-state index contributed by atoms with van der Waals surface area (Å²) in [5.74, 6) is 1.76. The van der Waals surface area contributed by atoms with Gasteiger partial charge in [-0.3, -0.25) is 14.9 Å². The largest absolute Gasteiger partial charge is 0.288 e. The monoisotopic (exact) mass is 312 g/mol. The van der Waals surface area contributed by atoms with Gasteiger partial charge in [0, 0.05) is 18.7 Å². The molecule has 0 heterocycles. The highest BCUT2D eigenvalue weighted by Crippen LogP contribution is 2.12. The predicted molar refractivity (Wildman–Crippen MR) is 85.0 cm³/mol. The maximum atomic E-state index is 13.3. The van der Waals surface area contributed by atoms with Crippen molar-refractivity contribution in [2.75, 3.05) is 6.54 Å². The van der Waals surface area contributed by atoms with Gasteiger partial charge >= 0.3 is 0 Å². The molecule has 0 bridgehead atoms. The van der Waals surface area contributed by atoms with Gasteiger partial charge in [-0.05, 0) is 35.4 Å². The Labute approximate surface area is 134 Å². The minimum atomic E-state index is -0.559. The van der Waals surface area contributed by atoms with Crippen molar-refractivity contribution in [2.45, 2.75) is 13.1 Å². The van der Waals surface area contributed by atoms with Crippen LogP contribution in [0, 0.1) is 18.2 Å². The minimum absolute atomic E-state index is 0.275. The summed E-state index contributed by atoms with van der Waals surface area (Å²) in [5, 5.41) is 8.60. The number of carbonyl (C=O) groups is 1. The number of nitrogens with zero attached hydrogens (tertiary/aromatic N) is 1. The van der Waals surface area contributed by atoms with Crippen LogP contribution in [0.1, 0.15) is 21.5 Å². The number of hydrogen-bond acceptors (Lipinski definition) is 3. The number of carbonyl (C=O) groups excluding carboxylic acids is 1. The maximum absolute atomic E-state index is 13.3. The van der Waals surface area contributed by atoms with Crippen LogP contribution in [0.15, 0.2) is 48.5 Å². The van der Waals surface area contributed by atoms with Crippen LogP contribution < -0.4 is 5.48 Å². The zero-order chi connectivity index (χ0) is 16.7. The van der Waals surface area contributed by atoms with Crippen molar-refractivity contribution < 1.29 is 14.4 Å². The van der Waals surface area contributed by atoms with E-state index in [0.717, 1.165) is 11.1 Å².